The molecule has 1 heterocycles. The van der Waals surface area contributed by atoms with Gasteiger partial charge < -0.3 is 9.84 Å². The average molecular weight is 187 g/mol. The van der Waals surface area contributed by atoms with Crippen LogP contribution in [0.4, 0.5) is 0 Å². The largest absolute Gasteiger partial charge is 0.481 e. The Morgan fingerprint density at radius 2 is 2.38 bits per heavy atom. The Bertz CT molecular complexity index is 182. The molecule has 0 saturated carbocycles. The van der Waals surface area contributed by atoms with Crippen LogP contribution in [0.25, 0.3) is 0 Å². The fourth-order valence-corrected chi connectivity index (χ4v) is 1.73. The van der Waals surface area contributed by atoms with Gasteiger partial charge in [-0.3, -0.25) is 9.69 Å². The predicted octanol–water partition coefficient (Wildman–Crippen LogP) is 0.570. The number of rotatable bonds is 3. The highest BCUT2D eigenvalue weighted by atomic mass is 16.5. The molecule has 1 N–H and O–H groups in total. The van der Waals surface area contributed by atoms with E-state index in [9.17, 15) is 4.79 Å². The summed E-state index contributed by atoms with van der Waals surface area (Å²) in [4.78, 5) is 12.7. The number of carboxylic acids is 1. The van der Waals surface area contributed by atoms with E-state index in [1.54, 1.807) is 0 Å². The SMILES string of the molecule is CC(C)N1CCOC[C@H]1CC(=O)O. The minimum Gasteiger partial charge on any atom is -0.481 e. The summed E-state index contributed by atoms with van der Waals surface area (Å²) in [5, 5.41) is 8.68. The van der Waals surface area contributed by atoms with E-state index in [1.165, 1.54) is 0 Å². The first-order valence-electron chi connectivity index (χ1n) is 4.66. The Kier molecular flexibility index (Phi) is 3.69. The van der Waals surface area contributed by atoms with E-state index >= 15 is 0 Å². The third-order valence-electron chi connectivity index (χ3n) is 2.35. The van der Waals surface area contributed by atoms with E-state index in [4.69, 9.17) is 9.84 Å². The van der Waals surface area contributed by atoms with E-state index in [0.717, 1.165) is 6.54 Å². The normalized spacial score (nSPS) is 25.0. The van der Waals surface area contributed by atoms with Gasteiger partial charge in [0.25, 0.3) is 0 Å². The zero-order valence-corrected chi connectivity index (χ0v) is 8.19. The van der Waals surface area contributed by atoms with E-state index in [-0.39, 0.29) is 12.5 Å². The lowest BCUT2D eigenvalue weighted by molar-refractivity contribution is -0.140. The molecule has 0 bridgehead atoms. The fourth-order valence-electron chi connectivity index (χ4n) is 1.73. The van der Waals surface area contributed by atoms with Crippen LogP contribution in [0.1, 0.15) is 20.3 Å². The third kappa shape index (κ3) is 2.97. The van der Waals surface area contributed by atoms with Crippen molar-refractivity contribution in [3.05, 3.63) is 0 Å². The molecule has 0 aromatic rings. The van der Waals surface area contributed by atoms with Crippen molar-refractivity contribution in [2.75, 3.05) is 19.8 Å². The highest BCUT2D eigenvalue weighted by Gasteiger charge is 2.26. The number of hydrogen-bond donors (Lipinski definition) is 1. The van der Waals surface area contributed by atoms with Crippen LogP contribution in [0, 0.1) is 0 Å². The van der Waals surface area contributed by atoms with Gasteiger partial charge in [0.15, 0.2) is 0 Å². The zero-order chi connectivity index (χ0) is 9.84. The second-order valence-corrected chi connectivity index (χ2v) is 3.66. The first-order valence-corrected chi connectivity index (χ1v) is 4.66. The molecule has 0 aliphatic carbocycles. The number of aliphatic carboxylic acids is 1. The maximum absolute atomic E-state index is 10.6. The van der Waals surface area contributed by atoms with Crippen LogP contribution in [0.2, 0.25) is 0 Å². The Labute approximate surface area is 78.5 Å². The van der Waals surface area contributed by atoms with Crippen molar-refractivity contribution in [3.63, 3.8) is 0 Å². The molecule has 1 fully saturated rings. The van der Waals surface area contributed by atoms with Gasteiger partial charge in [0.2, 0.25) is 0 Å². The van der Waals surface area contributed by atoms with Gasteiger partial charge >= 0.3 is 5.97 Å². The van der Waals surface area contributed by atoms with Crippen LogP contribution < -0.4 is 0 Å². The van der Waals surface area contributed by atoms with Crippen molar-refractivity contribution < 1.29 is 14.6 Å². The first-order chi connectivity index (χ1) is 6.11. The number of carbonyl (C=O) groups is 1. The molecule has 1 aliphatic rings. The summed E-state index contributed by atoms with van der Waals surface area (Å²) < 4.78 is 5.26. The molecule has 0 amide bonds. The molecule has 1 rings (SSSR count). The lowest BCUT2D eigenvalue weighted by Gasteiger charge is -2.37. The standard InChI is InChI=1S/C9H17NO3/c1-7(2)10-3-4-13-6-8(10)5-9(11)12/h7-8H,3-6H2,1-2H3,(H,11,12)/t8-/m1/s1. The van der Waals surface area contributed by atoms with Crippen molar-refractivity contribution in [1.82, 2.24) is 4.90 Å². The van der Waals surface area contributed by atoms with Crippen molar-refractivity contribution in [2.24, 2.45) is 0 Å². The summed E-state index contributed by atoms with van der Waals surface area (Å²) in [6, 6.07) is 0.444. The van der Waals surface area contributed by atoms with Gasteiger partial charge in [0.1, 0.15) is 0 Å². The second kappa shape index (κ2) is 4.58. The summed E-state index contributed by atoms with van der Waals surface area (Å²) in [5.74, 6) is -0.749. The summed E-state index contributed by atoms with van der Waals surface area (Å²) in [5.41, 5.74) is 0. The molecule has 0 unspecified atom stereocenters. The summed E-state index contributed by atoms with van der Waals surface area (Å²) in [6.07, 6.45) is 0.179. The molecule has 76 valence electrons. The number of morpholine rings is 1. The van der Waals surface area contributed by atoms with Crippen molar-refractivity contribution in [1.29, 1.82) is 0 Å². The van der Waals surface area contributed by atoms with Crippen LogP contribution in [0.3, 0.4) is 0 Å². The van der Waals surface area contributed by atoms with Gasteiger partial charge in [-0.15, -0.1) is 0 Å². The monoisotopic (exact) mass is 187 g/mol. The number of nitrogens with zero attached hydrogens (tertiary/aromatic N) is 1. The topological polar surface area (TPSA) is 49.8 Å². The Morgan fingerprint density at radius 3 is 2.92 bits per heavy atom. The van der Waals surface area contributed by atoms with E-state index in [1.807, 2.05) is 0 Å². The van der Waals surface area contributed by atoms with E-state index in [2.05, 4.69) is 18.7 Å². The Balaban J connectivity index is 2.51. The minimum absolute atomic E-state index is 0.0475. The predicted molar refractivity (Wildman–Crippen MR) is 48.7 cm³/mol. The smallest absolute Gasteiger partial charge is 0.305 e. The molecule has 1 atom stereocenters. The summed E-state index contributed by atoms with van der Waals surface area (Å²) in [7, 11) is 0. The zero-order valence-electron chi connectivity index (χ0n) is 8.19. The van der Waals surface area contributed by atoms with Gasteiger partial charge in [-0.05, 0) is 13.8 Å². The number of ether oxygens (including phenoxy) is 1. The van der Waals surface area contributed by atoms with Crippen LogP contribution in [0.5, 0.6) is 0 Å². The van der Waals surface area contributed by atoms with Gasteiger partial charge in [-0.2, -0.15) is 0 Å². The average Bonchev–Trinajstić information content (AvgIpc) is 2.03. The molecular formula is C9H17NO3. The molecule has 0 aromatic carbocycles. The van der Waals surface area contributed by atoms with Gasteiger partial charge in [-0.1, -0.05) is 0 Å². The lowest BCUT2D eigenvalue weighted by Crippen LogP contribution is -2.49. The maximum Gasteiger partial charge on any atom is 0.305 e. The lowest BCUT2D eigenvalue weighted by atomic mass is 10.1. The highest BCUT2D eigenvalue weighted by molar-refractivity contribution is 5.67. The van der Waals surface area contributed by atoms with Crippen LogP contribution in [-0.2, 0) is 9.53 Å². The van der Waals surface area contributed by atoms with Gasteiger partial charge in [0, 0.05) is 18.6 Å². The molecular weight excluding hydrogens is 170 g/mol. The molecule has 0 spiro atoms. The number of carboxylic acid groups (broad SMARTS) is 1. The van der Waals surface area contributed by atoms with E-state index < -0.39 is 5.97 Å². The maximum atomic E-state index is 10.6. The Morgan fingerprint density at radius 1 is 1.69 bits per heavy atom. The van der Waals surface area contributed by atoms with Gasteiger partial charge in [-0.25, -0.2) is 0 Å². The quantitative estimate of drug-likeness (QED) is 0.701. The third-order valence-corrected chi connectivity index (χ3v) is 2.35. The fraction of sp³-hybridized carbons (Fsp3) is 0.889. The summed E-state index contributed by atoms with van der Waals surface area (Å²) >= 11 is 0. The highest BCUT2D eigenvalue weighted by Crippen LogP contribution is 2.13. The number of hydrogen-bond acceptors (Lipinski definition) is 3. The van der Waals surface area contributed by atoms with Crippen molar-refractivity contribution in [3.8, 4) is 0 Å². The first kappa shape index (κ1) is 10.5. The molecule has 1 saturated heterocycles. The molecule has 0 radical (unpaired) electrons. The minimum atomic E-state index is -0.749. The molecule has 0 aromatic heterocycles. The second-order valence-electron chi connectivity index (χ2n) is 3.66. The van der Waals surface area contributed by atoms with Crippen LogP contribution in [0.15, 0.2) is 0 Å². The molecule has 1 aliphatic heterocycles. The Hall–Kier alpha value is -0.610. The molecule has 13 heavy (non-hydrogen) atoms. The van der Waals surface area contributed by atoms with Crippen molar-refractivity contribution in [2.45, 2.75) is 32.4 Å². The molecule has 4 heteroatoms. The molecule has 4 nitrogen and oxygen atoms in total. The van der Waals surface area contributed by atoms with Crippen LogP contribution in [-0.4, -0.2) is 47.8 Å². The van der Waals surface area contributed by atoms with E-state index in [0.29, 0.717) is 19.3 Å². The van der Waals surface area contributed by atoms with Crippen molar-refractivity contribution >= 4 is 5.97 Å². The summed E-state index contributed by atoms with van der Waals surface area (Å²) in [6.45, 7) is 6.27. The van der Waals surface area contributed by atoms with Crippen LogP contribution >= 0.6 is 0 Å². The van der Waals surface area contributed by atoms with Gasteiger partial charge in [0.05, 0.1) is 19.6 Å².